The van der Waals surface area contributed by atoms with Crippen LogP contribution in [0.25, 0.3) is 0 Å². The van der Waals surface area contributed by atoms with E-state index in [0.717, 1.165) is 25.9 Å². The Morgan fingerprint density at radius 1 is 1.30 bits per heavy atom. The number of carbonyl (C=O) groups is 1. The molecule has 1 aliphatic carbocycles. The fourth-order valence-electron chi connectivity index (χ4n) is 3.35. The van der Waals surface area contributed by atoms with Crippen molar-refractivity contribution in [3.63, 3.8) is 0 Å². The minimum absolute atomic E-state index is 0.131. The molecule has 0 radical (unpaired) electrons. The Kier molecular flexibility index (Phi) is 4.52. The minimum atomic E-state index is -0.131. The van der Waals surface area contributed by atoms with E-state index >= 15 is 0 Å². The van der Waals surface area contributed by atoms with Crippen LogP contribution in [-0.4, -0.2) is 18.9 Å². The molecule has 0 N–H and O–H groups in total. The normalized spacial score (nSPS) is 21.8. The number of aryl methyl sites for hydroxylation is 1. The molecule has 2 nitrogen and oxygen atoms in total. The summed E-state index contributed by atoms with van der Waals surface area (Å²) in [5.74, 6) is 0.647. The van der Waals surface area contributed by atoms with Crippen LogP contribution < -0.4 is 4.90 Å². The van der Waals surface area contributed by atoms with Crippen LogP contribution in [0.2, 0.25) is 0 Å². The minimum Gasteiger partial charge on any atom is -0.371 e. The number of hydrogen-bond donors (Lipinski definition) is 0. The van der Waals surface area contributed by atoms with Crippen molar-refractivity contribution in [3.8, 4) is 0 Å². The molecule has 20 heavy (non-hydrogen) atoms. The molecule has 0 bridgehead atoms. The van der Waals surface area contributed by atoms with Crippen molar-refractivity contribution in [1.82, 2.24) is 0 Å². The maximum Gasteiger partial charge on any atom is 0.143 e. The molecule has 1 aromatic carbocycles. The van der Waals surface area contributed by atoms with E-state index in [9.17, 15) is 4.79 Å². The van der Waals surface area contributed by atoms with Crippen molar-refractivity contribution in [2.45, 2.75) is 47.0 Å². The van der Waals surface area contributed by atoms with Crippen LogP contribution in [0.3, 0.4) is 0 Å². The lowest BCUT2D eigenvalue weighted by Crippen LogP contribution is -2.42. The van der Waals surface area contributed by atoms with Crippen LogP contribution in [0, 0.1) is 18.3 Å². The number of carbonyl (C=O) groups excluding carboxylic acids is 1. The second kappa shape index (κ2) is 5.99. The lowest BCUT2D eigenvalue weighted by molar-refractivity contribution is -0.133. The molecule has 0 heterocycles. The average molecular weight is 273 g/mol. The Hall–Kier alpha value is -1.31. The number of anilines is 1. The van der Waals surface area contributed by atoms with Crippen LogP contribution in [0.4, 0.5) is 5.69 Å². The van der Waals surface area contributed by atoms with E-state index in [-0.39, 0.29) is 11.3 Å². The molecule has 1 unspecified atom stereocenters. The highest BCUT2D eigenvalue weighted by Crippen LogP contribution is 2.36. The second-order valence-corrected chi connectivity index (χ2v) is 6.66. The van der Waals surface area contributed by atoms with Crippen molar-refractivity contribution in [2.75, 3.05) is 18.0 Å². The average Bonchev–Trinajstić information content (AvgIpc) is 2.41. The number of para-hydroxylation sites is 1. The largest absolute Gasteiger partial charge is 0.371 e. The van der Waals surface area contributed by atoms with Crippen LogP contribution in [0.5, 0.6) is 0 Å². The van der Waals surface area contributed by atoms with Gasteiger partial charge in [0.25, 0.3) is 0 Å². The number of benzene rings is 1. The smallest absolute Gasteiger partial charge is 0.143 e. The molecular formula is C18H27NO. The van der Waals surface area contributed by atoms with Crippen LogP contribution in [0.1, 0.15) is 45.6 Å². The monoisotopic (exact) mass is 273 g/mol. The Labute approximate surface area is 123 Å². The third-order valence-corrected chi connectivity index (χ3v) is 4.67. The molecule has 1 aromatic rings. The number of ketones is 1. The summed E-state index contributed by atoms with van der Waals surface area (Å²) in [6, 6.07) is 8.46. The van der Waals surface area contributed by atoms with Crippen molar-refractivity contribution in [1.29, 1.82) is 0 Å². The van der Waals surface area contributed by atoms with Gasteiger partial charge in [0.15, 0.2) is 0 Å². The van der Waals surface area contributed by atoms with E-state index in [2.05, 4.69) is 56.9 Å². The van der Waals surface area contributed by atoms with E-state index in [0.29, 0.717) is 5.78 Å². The van der Waals surface area contributed by atoms with Crippen molar-refractivity contribution < 1.29 is 4.79 Å². The summed E-state index contributed by atoms with van der Waals surface area (Å²) < 4.78 is 0. The molecule has 1 aliphatic rings. The standard InChI is InChI=1S/C18H27NO/c1-5-19(16-11-7-6-9-14(16)2)13-15-10-8-12-18(3,4)17(15)20/h6-7,9,11,15H,5,8,10,12-13H2,1-4H3. The molecule has 2 heteroatoms. The highest BCUT2D eigenvalue weighted by molar-refractivity contribution is 5.87. The Morgan fingerprint density at radius 2 is 2.00 bits per heavy atom. The molecule has 0 amide bonds. The predicted octanol–water partition coefficient (Wildman–Crippen LogP) is 4.22. The van der Waals surface area contributed by atoms with Crippen molar-refractivity contribution >= 4 is 11.5 Å². The third-order valence-electron chi connectivity index (χ3n) is 4.67. The van der Waals surface area contributed by atoms with E-state index in [1.807, 2.05) is 0 Å². The van der Waals surface area contributed by atoms with Gasteiger partial charge in [-0.1, -0.05) is 38.5 Å². The maximum atomic E-state index is 12.6. The van der Waals surface area contributed by atoms with Crippen molar-refractivity contribution in [2.24, 2.45) is 11.3 Å². The molecular weight excluding hydrogens is 246 g/mol. The molecule has 1 atom stereocenters. The lowest BCUT2D eigenvalue weighted by Gasteiger charge is -2.37. The number of nitrogens with zero attached hydrogens (tertiary/aromatic N) is 1. The first-order valence-electron chi connectivity index (χ1n) is 7.80. The topological polar surface area (TPSA) is 20.3 Å². The van der Waals surface area contributed by atoms with Gasteiger partial charge in [-0.25, -0.2) is 0 Å². The first-order valence-corrected chi connectivity index (χ1v) is 7.80. The van der Waals surface area contributed by atoms with Gasteiger partial charge in [-0.3, -0.25) is 4.79 Å². The first kappa shape index (κ1) is 15.1. The summed E-state index contributed by atoms with van der Waals surface area (Å²) in [5, 5.41) is 0. The molecule has 0 saturated heterocycles. The summed E-state index contributed by atoms with van der Waals surface area (Å²) in [6.07, 6.45) is 3.26. The fourth-order valence-corrected chi connectivity index (χ4v) is 3.35. The molecule has 0 aromatic heterocycles. The molecule has 110 valence electrons. The molecule has 0 spiro atoms. The van der Waals surface area contributed by atoms with Gasteiger partial charge in [0.2, 0.25) is 0 Å². The fraction of sp³-hybridized carbons (Fsp3) is 0.611. The quantitative estimate of drug-likeness (QED) is 0.818. The summed E-state index contributed by atoms with van der Waals surface area (Å²) >= 11 is 0. The predicted molar refractivity (Wildman–Crippen MR) is 85.2 cm³/mol. The SMILES string of the molecule is CCN(CC1CCCC(C)(C)C1=O)c1ccccc1C. The highest BCUT2D eigenvalue weighted by Gasteiger charge is 2.37. The van der Waals surface area contributed by atoms with Gasteiger partial charge in [0, 0.05) is 30.1 Å². The number of Topliss-reactive ketones (excluding diaryl/α,β-unsaturated/α-hetero) is 1. The summed E-state index contributed by atoms with van der Waals surface area (Å²) in [6.45, 7) is 10.3. The van der Waals surface area contributed by atoms with E-state index < -0.39 is 0 Å². The third kappa shape index (κ3) is 3.05. The summed E-state index contributed by atoms with van der Waals surface area (Å²) in [5.41, 5.74) is 2.43. The highest BCUT2D eigenvalue weighted by atomic mass is 16.1. The molecule has 1 saturated carbocycles. The zero-order valence-electron chi connectivity index (χ0n) is 13.3. The van der Waals surface area contributed by atoms with Crippen LogP contribution in [-0.2, 0) is 4.79 Å². The van der Waals surface area contributed by atoms with Gasteiger partial charge in [-0.2, -0.15) is 0 Å². The lowest BCUT2D eigenvalue weighted by atomic mass is 9.71. The number of hydrogen-bond acceptors (Lipinski definition) is 2. The maximum absolute atomic E-state index is 12.6. The van der Waals surface area contributed by atoms with E-state index in [1.54, 1.807) is 0 Å². The Balaban J connectivity index is 2.15. The van der Waals surface area contributed by atoms with Gasteiger partial charge in [0.1, 0.15) is 5.78 Å². The zero-order valence-corrected chi connectivity index (χ0v) is 13.3. The molecule has 2 rings (SSSR count). The van der Waals surface area contributed by atoms with Gasteiger partial charge in [0.05, 0.1) is 0 Å². The number of rotatable bonds is 4. The van der Waals surface area contributed by atoms with Gasteiger partial charge < -0.3 is 4.90 Å². The summed E-state index contributed by atoms with van der Waals surface area (Å²) in [7, 11) is 0. The summed E-state index contributed by atoms with van der Waals surface area (Å²) in [4.78, 5) is 14.9. The molecule has 0 aliphatic heterocycles. The van der Waals surface area contributed by atoms with Crippen molar-refractivity contribution in [3.05, 3.63) is 29.8 Å². The van der Waals surface area contributed by atoms with Crippen LogP contribution in [0.15, 0.2) is 24.3 Å². The Bertz CT molecular complexity index is 478. The second-order valence-electron chi connectivity index (χ2n) is 6.66. The molecule has 1 fully saturated rings. The first-order chi connectivity index (χ1) is 9.45. The van der Waals surface area contributed by atoms with Gasteiger partial charge in [-0.05, 0) is 38.3 Å². The van der Waals surface area contributed by atoms with E-state index in [1.165, 1.54) is 17.7 Å². The van der Waals surface area contributed by atoms with Gasteiger partial charge in [-0.15, -0.1) is 0 Å². The van der Waals surface area contributed by atoms with Crippen LogP contribution >= 0.6 is 0 Å². The van der Waals surface area contributed by atoms with E-state index in [4.69, 9.17) is 0 Å². The Morgan fingerprint density at radius 3 is 2.65 bits per heavy atom. The zero-order chi connectivity index (χ0) is 14.8. The van der Waals surface area contributed by atoms with Gasteiger partial charge >= 0.3 is 0 Å².